The van der Waals surface area contributed by atoms with E-state index in [1.54, 1.807) is 37.6 Å². The number of carbonyl (C=O) groups excluding carboxylic acids is 1. The summed E-state index contributed by atoms with van der Waals surface area (Å²) in [6.45, 7) is 0. The molecule has 0 atom stereocenters. The fourth-order valence-corrected chi connectivity index (χ4v) is 1.64. The fourth-order valence-electron chi connectivity index (χ4n) is 1.64. The summed E-state index contributed by atoms with van der Waals surface area (Å²) in [5.74, 6) is 0.459. The zero-order chi connectivity index (χ0) is 14.4. The molecule has 0 aliphatic carbocycles. The van der Waals surface area contributed by atoms with Gasteiger partial charge in [0.15, 0.2) is 0 Å². The van der Waals surface area contributed by atoms with E-state index in [9.17, 15) is 4.79 Å². The summed E-state index contributed by atoms with van der Waals surface area (Å²) < 4.78 is 9.73. The lowest BCUT2D eigenvalue weighted by molar-refractivity contribution is 0.0601. The second kappa shape index (κ2) is 6.52. The number of ether oxygens (including phenoxy) is 2. The quantitative estimate of drug-likeness (QED) is 0.632. The average molecular weight is 269 g/mol. The molecule has 0 bridgehead atoms. The third kappa shape index (κ3) is 3.45. The van der Waals surface area contributed by atoms with Gasteiger partial charge in [-0.05, 0) is 54.1 Å². The second-order valence-corrected chi connectivity index (χ2v) is 4.07. The smallest absolute Gasteiger partial charge is 0.337 e. The molecule has 2 aromatic carbocycles. The molecule has 0 aromatic heterocycles. The largest absolute Gasteiger partial charge is 0.497 e. The van der Waals surface area contributed by atoms with Crippen LogP contribution in [0.5, 0.6) is 5.75 Å². The molecule has 102 valence electrons. The van der Waals surface area contributed by atoms with E-state index < -0.39 is 0 Å². The van der Waals surface area contributed by atoms with Gasteiger partial charge < -0.3 is 9.47 Å². The number of rotatable bonds is 4. The van der Waals surface area contributed by atoms with E-state index in [2.05, 4.69) is 9.73 Å². The Balaban J connectivity index is 2.08. The van der Waals surface area contributed by atoms with Crippen molar-refractivity contribution in [2.75, 3.05) is 14.2 Å². The maximum absolute atomic E-state index is 11.3. The first-order valence-corrected chi connectivity index (χ1v) is 6.09. The summed E-state index contributed by atoms with van der Waals surface area (Å²) in [6.07, 6.45) is 1.76. The molecule has 0 spiro atoms. The number of hydrogen-bond acceptors (Lipinski definition) is 4. The molecule has 4 heteroatoms. The van der Waals surface area contributed by atoms with Crippen molar-refractivity contribution >= 4 is 17.9 Å². The topological polar surface area (TPSA) is 47.9 Å². The summed E-state index contributed by atoms with van der Waals surface area (Å²) >= 11 is 0. The molecular weight excluding hydrogens is 254 g/mol. The lowest BCUT2D eigenvalue weighted by Gasteiger charge is -2.00. The highest BCUT2D eigenvalue weighted by atomic mass is 16.5. The third-order valence-corrected chi connectivity index (χ3v) is 2.77. The zero-order valence-corrected chi connectivity index (χ0v) is 11.4. The Kier molecular flexibility index (Phi) is 4.50. The highest BCUT2D eigenvalue weighted by Gasteiger charge is 2.03. The molecule has 20 heavy (non-hydrogen) atoms. The maximum Gasteiger partial charge on any atom is 0.337 e. The lowest BCUT2D eigenvalue weighted by atomic mass is 10.2. The first-order chi connectivity index (χ1) is 9.72. The number of hydrogen-bond donors (Lipinski definition) is 0. The van der Waals surface area contributed by atoms with Crippen LogP contribution >= 0.6 is 0 Å². The van der Waals surface area contributed by atoms with Crippen LogP contribution in [0.1, 0.15) is 15.9 Å². The van der Waals surface area contributed by atoms with Crippen molar-refractivity contribution in [3.8, 4) is 5.75 Å². The molecule has 0 aliphatic heterocycles. The molecule has 0 radical (unpaired) electrons. The molecule has 0 unspecified atom stereocenters. The predicted molar refractivity (Wildman–Crippen MR) is 78.0 cm³/mol. The van der Waals surface area contributed by atoms with Gasteiger partial charge in [0.1, 0.15) is 5.75 Å². The minimum atomic E-state index is -0.351. The van der Waals surface area contributed by atoms with Crippen LogP contribution in [0.15, 0.2) is 53.5 Å². The summed E-state index contributed by atoms with van der Waals surface area (Å²) in [6, 6.07) is 14.5. The summed E-state index contributed by atoms with van der Waals surface area (Å²) in [5.41, 5.74) is 2.26. The molecule has 0 fully saturated rings. The maximum atomic E-state index is 11.3. The molecule has 0 aliphatic rings. The minimum Gasteiger partial charge on any atom is -0.497 e. The fraction of sp³-hybridized carbons (Fsp3) is 0.125. The van der Waals surface area contributed by atoms with Crippen LogP contribution in [0.25, 0.3) is 0 Å². The van der Waals surface area contributed by atoms with E-state index in [0.717, 1.165) is 17.0 Å². The van der Waals surface area contributed by atoms with Crippen LogP contribution in [0.2, 0.25) is 0 Å². The van der Waals surface area contributed by atoms with Crippen molar-refractivity contribution < 1.29 is 14.3 Å². The minimum absolute atomic E-state index is 0.351. The van der Waals surface area contributed by atoms with Gasteiger partial charge in [0.25, 0.3) is 0 Å². The molecule has 2 rings (SSSR count). The molecule has 0 heterocycles. The lowest BCUT2D eigenvalue weighted by Crippen LogP contribution is -1.99. The van der Waals surface area contributed by atoms with Gasteiger partial charge in [0.2, 0.25) is 0 Å². The van der Waals surface area contributed by atoms with Crippen molar-refractivity contribution in [3.63, 3.8) is 0 Å². The normalized spacial score (nSPS) is 10.5. The van der Waals surface area contributed by atoms with Crippen molar-refractivity contribution in [2.24, 2.45) is 4.99 Å². The first-order valence-electron chi connectivity index (χ1n) is 6.09. The van der Waals surface area contributed by atoms with E-state index in [4.69, 9.17) is 4.74 Å². The number of aliphatic imine (C=N–C) groups is 1. The SMILES string of the molecule is COC(=O)c1ccc(N=Cc2ccc(OC)cc2)cc1. The molecule has 0 N–H and O–H groups in total. The Bertz CT molecular complexity index is 601. The molecule has 0 saturated carbocycles. The van der Waals surface area contributed by atoms with E-state index in [1.165, 1.54) is 7.11 Å². The van der Waals surface area contributed by atoms with Crippen LogP contribution < -0.4 is 4.74 Å². The van der Waals surface area contributed by atoms with Crippen LogP contribution in [0, 0.1) is 0 Å². The van der Waals surface area contributed by atoms with Crippen LogP contribution in [0.3, 0.4) is 0 Å². The van der Waals surface area contributed by atoms with Gasteiger partial charge in [-0.1, -0.05) is 0 Å². The standard InChI is InChI=1S/C16H15NO3/c1-19-15-9-3-12(4-10-15)11-17-14-7-5-13(6-8-14)16(18)20-2/h3-11H,1-2H3. The van der Waals surface area contributed by atoms with Gasteiger partial charge in [-0.2, -0.15) is 0 Å². The average Bonchev–Trinajstić information content (AvgIpc) is 2.53. The monoisotopic (exact) mass is 269 g/mol. The van der Waals surface area contributed by atoms with Gasteiger partial charge in [-0.3, -0.25) is 4.99 Å². The van der Waals surface area contributed by atoms with Gasteiger partial charge >= 0.3 is 5.97 Å². The van der Waals surface area contributed by atoms with Crippen LogP contribution in [0.4, 0.5) is 5.69 Å². The Morgan fingerprint density at radius 3 is 2.20 bits per heavy atom. The highest BCUT2D eigenvalue weighted by Crippen LogP contribution is 2.15. The Morgan fingerprint density at radius 1 is 1.00 bits per heavy atom. The third-order valence-electron chi connectivity index (χ3n) is 2.77. The van der Waals surface area contributed by atoms with Crippen LogP contribution in [-0.4, -0.2) is 26.4 Å². The number of nitrogens with zero attached hydrogens (tertiary/aromatic N) is 1. The van der Waals surface area contributed by atoms with Crippen molar-refractivity contribution in [1.29, 1.82) is 0 Å². The molecule has 0 amide bonds. The molecular formula is C16H15NO3. The van der Waals surface area contributed by atoms with Crippen LogP contribution in [-0.2, 0) is 4.74 Å². The highest BCUT2D eigenvalue weighted by molar-refractivity contribution is 5.90. The molecule has 0 saturated heterocycles. The van der Waals surface area contributed by atoms with Crippen molar-refractivity contribution in [2.45, 2.75) is 0 Å². The zero-order valence-electron chi connectivity index (χ0n) is 11.4. The summed E-state index contributed by atoms with van der Waals surface area (Å²) in [5, 5.41) is 0. The Labute approximate surface area is 117 Å². The van der Waals surface area contributed by atoms with E-state index >= 15 is 0 Å². The molecule has 4 nitrogen and oxygen atoms in total. The van der Waals surface area contributed by atoms with Gasteiger partial charge in [-0.15, -0.1) is 0 Å². The number of methoxy groups -OCH3 is 2. The summed E-state index contributed by atoms with van der Waals surface area (Å²) in [7, 11) is 2.99. The van der Waals surface area contributed by atoms with E-state index in [1.807, 2.05) is 24.3 Å². The first kappa shape index (κ1) is 13.8. The molecule has 2 aromatic rings. The van der Waals surface area contributed by atoms with Crippen molar-refractivity contribution in [1.82, 2.24) is 0 Å². The van der Waals surface area contributed by atoms with E-state index in [0.29, 0.717) is 5.56 Å². The van der Waals surface area contributed by atoms with Gasteiger partial charge in [0, 0.05) is 6.21 Å². The number of esters is 1. The Morgan fingerprint density at radius 2 is 1.65 bits per heavy atom. The number of benzene rings is 2. The summed E-state index contributed by atoms with van der Waals surface area (Å²) in [4.78, 5) is 15.6. The van der Waals surface area contributed by atoms with E-state index in [-0.39, 0.29) is 5.97 Å². The Hall–Kier alpha value is -2.62. The van der Waals surface area contributed by atoms with Crippen molar-refractivity contribution in [3.05, 3.63) is 59.7 Å². The van der Waals surface area contributed by atoms with Gasteiger partial charge in [0.05, 0.1) is 25.5 Å². The second-order valence-electron chi connectivity index (χ2n) is 4.07. The number of carbonyl (C=O) groups is 1. The van der Waals surface area contributed by atoms with Gasteiger partial charge in [-0.25, -0.2) is 4.79 Å². The predicted octanol–water partition coefficient (Wildman–Crippen LogP) is 3.23.